The summed E-state index contributed by atoms with van der Waals surface area (Å²) >= 11 is 0. The van der Waals surface area contributed by atoms with Crippen LogP contribution in [-0.4, -0.2) is 54.1 Å². The van der Waals surface area contributed by atoms with Crippen molar-refractivity contribution in [2.75, 3.05) is 13.1 Å². The fraction of sp³-hybridized carbons (Fsp3) is 0.412. The van der Waals surface area contributed by atoms with Gasteiger partial charge in [-0.15, -0.1) is 0 Å². The van der Waals surface area contributed by atoms with Crippen molar-refractivity contribution in [1.29, 1.82) is 0 Å². The van der Waals surface area contributed by atoms with Crippen molar-refractivity contribution in [3.05, 3.63) is 47.7 Å². The minimum atomic E-state index is -4.46. The zero-order chi connectivity index (χ0) is 18.9. The first kappa shape index (κ1) is 18.5. The number of imide groups is 1. The van der Waals surface area contributed by atoms with Gasteiger partial charge in [-0.1, -0.05) is 30.3 Å². The van der Waals surface area contributed by atoms with E-state index in [9.17, 15) is 26.8 Å². The average Bonchev–Trinajstić information content (AvgIpc) is 2.91. The molecule has 2 amide bonds. The van der Waals surface area contributed by atoms with Gasteiger partial charge < -0.3 is 4.90 Å². The molecule has 1 fully saturated rings. The highest BCUT2D eigenvalue weighted by atomic mass is 32.2. The van der Waals surface area contributed by atoms with Crippen molar-refractivity contribution in [3.63, 3.8) is 0 Å². The zero-order valence-electron chi connectivity index (χ0n) is 13.8. The Labute approximate surface area is 150 Å². The number of nitrogens with zero attached hydrogens (tertiary/aromatic N) is 2. The predicted molar refractivity (Wildman–Crippen MR) is 89.6 cm³/mol. The second kappa shape index (κ2) is 7.14. The van der Waals surface area contributed by atoms with Gasteiger partial charge in [0.2, 0.25) is 9.84 Å². The summed E-state index contributed by atoms with van der Waals surface area (Å²) in [6.07, 6.45) is 1.24. The van der Waals surface area contributed by atoms with Crippen LogP contribution >= 0.6 is 0 Å². The number of hydrogen-bond acceptors (Lipinski definition) is 5. The quantitative estimate of drug-likeness (QED) is 0.720. The number of likely N-dealkylation sites (tertiary alicyclic amines) is 1. The van der Waals surface area contributed by atoms with Crippen LogP contribution in [0.4, 0.5) is 8.78 Å². The van der Waals surface area contributed by atoms with Crippen LogP contribution in [0, 0.1) is 0 Å². The van der Waals surface area contributed by atoms with Crippen LogP contribution < -0.4 is 0 Å². The van der Waals surface area contributed by atoms with E-state index in [1.54, 1.807) is 17.0 Å². The monoisotopic (exact) mass is 384 g/mol. The van der Waals surface area contributed by atoms with E-state index in [0.717, 1.165) is 10.5 Å². The number of halogens is 2. The third-order valence-corrected chi connectivity index (χ3v) is 6.57. The maximum atomic E-state index is 12.6. The van der Waals surface area contributed by atoms with E-state index >= 15 is 0 Å². The fourth-order valence-electron chi connectivity index (χ4n) is 3.21. The molecule has 1 saturated heterocycles. The summed E-state index contributed by atoms with van der Waals surface area (Å²) in [5.41, 5.74) is 1.00. The second-order valence-corrected chi connectivity index (χ2v) is 8.48. The van der Waals surface area contributed by atoms with Gasteiger partial charge in [0.15, 0.2) is 0 Å². The second-order valence-electron chi connectivity index (χ2n) is 6.28. The molecule has 0 bridgehead atoms. The molecule has 140 valence electrons. The minimum absolute atomic E-state index is 0.00414. The SMILES string of the molecule is O=C1C=C(N2CCC(S(=O)(=O)C(F)F)CC2)C(=O)N1Cc1ccccc1. The number of carbonyl (C=O) groups excluding carboxylic acids is 2. The summed E-state index contributed by atoms with van der Waals surface area (Å²) in [6, 6.07) is 9.06. The van der Waals surface area contributed by atoms with Crippen LogP contribution in [0.1, 0.15) is 18.4 Å². The lowest BCUT2D eigenvalue weighted by Crippen LogP contribution is -2.42. The molecular formula is C17H18F2N2O4S. The van der Waals surface area contributed by atoms with Gasteiger partial charge >= 0.3 is 5.76 Å². The van der Waals surface area contributed by atoms with E-state index in [1.807, 2.05) is 18.2 Å². The van der Waals surface area contributed by atoms with Crippen LogP contribution in [0.15, 0.2) is 42.1 Å². The highest BCUT2D eigenvalue weighted by Gasteiger charge is 2.40. The fourth-order valence-corrected chi connectivity index (χ4v) is 4.37. The molecule has 0 spiro atoms. The summed E-state index contributed by atoms with van der Waals surface area (Å²) in [6.45, 7) is 0.427. The number of hydrogen-bond donors (Lipinski definition) is 0. The number of alkyl halides is 2. The molecule has 0 radical (unpaired) electrons. The largest absolute Gasteiger partial charge is 0.367 e. The molecule has 9 heteroatoms. The molecule has 1 aromatic rings. The molecule has 0 atom stereocenters. The molecular weight excluding hydrogens is 366 g/mol. The summed E-state index contributed by atoms with van der Waals surface area (Å²) in [5.74, 6) is -4.28. The molecule has 2 aliphatic rings. The van der Waals surface area contributed by atoms with Gasteiger partial charge in [0.05, 0.1) is 11.8 Å². The molecule has 1 aromatic carbocycles. The Kier molecular flexibility index (Phi) is 5.08. The third-order valence-electron chi connectivity index (χ3n) is 4.67. The van der Waals surface area contributed by atoms with Crippen LogP contribution in [0.5, 0.6) is 0 Å². The van der Waals surface area contributed by atoms with Gasteiger partial charge in [0.1, 0.15) is 5.70 Å². The zero-order valence-corrected chi connectivity index (χ0v) is 14.7. The molecule has 0 unspecified atom stereocenters. The highest BCUT2D eigenvalue weighted by Crippen LogP contribution is 2.27. The Morgan fingerprint density at radius 2 is 1.69 bits per heavy atom. The average molecular weight is 384 g/mol. The van der Waals surface area contributed by atoms with Crippen molar-refractivity contribution < 1.29 is 26.8 Å². The predicted octanol–water partition coefficient (Wildman–Crippen LogP) is 1.54. The van der Waals surface area contributed by atoms with Crippen molar-refractivity contribution >= 4 is 21.7 Å². The summed E-state index contributed by atoms with van der Waals surface area (Å²) in [7, 11) is -4.46. The number of benzene rings is 1. The van der Waals surface area contributed by atoms with Crippen molar-refractivity contribution in [3.8, 4) is 0 Å². The topological polar surface area (TPSA) is 74.8 Å². The molecule has 0 N–H and O–H groups in total. The van der Waals surface area contributed by atoms with Crippen LogP contribution in [0.25, 0.3) is 0 Å². The molecule has 0 saturated carbocycles. The third kappa shape index (κ3) is 3.48. The molecule has 26 heavy (non-hydrogen) atoms. The number of amides is 2. The van der Waals surface area contributed by atoms with Crippen molar-refractivity contribution in [2.24, 2.45) is 0 Å². The normalized spacial score (nSPS) is 19.4. The first-order chi connectivity index (χ1) is 12.3. The smallest absolute Gasteiger partial charge is 0.337 e. The lowest BCUT2D eigenvalue weighted by molar-refractivity contribution is -0.138. The van der Waals surface area contributed by atoms with Crippen LogP contribution in [-0.2, 0) is 26.0 Å². The maximum Gasteiger partial charge on any atom is 0.337 e. The summed E-state index contributed by atoms with van der Waals surface area (Å²) < 4.78 is 48.4. The minimum Gasteiger partial charge on any atom is -0.367 e. The standard InChI is InChI=1S/C17H18F2N2O4S/c18-17(19)26(24,25)13-6-8-20(9-7-13)14-10-15(22)21(16(14)23)11-12-4-2-1-3-5-12/h1-5,10,13,17H,6-9,11H2. The first-order valence-corrected chi connectivity index (χ1v) is 9.79. The molecule has 3 rings (SSSR count). The molecule has 2 aliphatic heterocycles. The Bertz CT molecular complexity index is 832. The van der Waals surface area contributed by atoms with Gasteiger partial charge in [-0.05, 0) is 18.4 Å². The van der Waals surface area contributed by atoms with Gasteiger partial charge in [0.25, 0.3) is 11.8 Å². The molecule has 2 heterocycles. The first-order valence-electron chi connectivity index (χ1n) is 8.18. The molecule has 0 aliphatic carbocycles. The molecule has 0 aromatic heterocycles. The van der Waals surface area contributed by atoms with Crippen LogP contribution in [0.2, 0.25) is 0 Å². The lowest BCUT2D eigenvalue weighted by atomic mass is 10.1. The number of sulfone groups is 1. The molecule has 6 nitrogen and oxygen atoms in total. The van der Waals surface area contributed by atoms with E-state index in [4.69, 9.17) is 0 Å². The van der Waals surface area contributed by atoms with Crippen LogP contribution in [0.3, 0.4) is 0 Å². The Morgan fingerprint density at radius 1 is 1.08 bits per heavy atom. The highest BCUT2D eigenvalue weighted by molar-refractivity contribution is 7.92. The van der Waals surface area contributed by atoms with E-state index in [1.165, 1.54) is 6.08 Å². The van der Waals surface area contributed by atoms with Gasteiger partial charge in [0, 0.05) is 19.2 Å². The van der Waals surface area contributed by atoms with Gasteiger partial charge in [-0.25, -0.2) is 8.42 Å². The van der Waals surface area contributed by atoms with E-state index in [-0.39, 0.29) is 38.2 Å². The summed E-state index contributed by atoms with van der Waals surface area (Å²) in [5, 5.41) is -1.12. The van der Waals surface area contributed by atoms with Crippen molar-refractivity contribution in [1.82, 2.24) is 9.80 Å². The maximum absolute atomic E-state index is 12.6. The van der Waals surface area contributed by atoms with E-state index in [0.29, 0.717) is 0 Å². The Hall–Kier alpha value is -2.29. The van der Waals surface area contributed by atoms with Crippen molar-refractivity contribution in [2.45, 2.75) is 30.4 Å². The lowest BCUT2D eigenvalue weighted by Gasteiger charge is -2.33. The number of piperidine rings is 1. The Balaban J connectivity index is 1.65. The number of rotatable bonds is 5. The number of carbonyl (C=O) groups is 2. The van der Waals surface area contributed by atoms with Gasteiger partial charge in [-0.3, -0.25) is 14.5 Å². The Morgan fingerprint density at radius 3 is 2.27 bits per heavy atom. The summed E-state index contributed by atoms with van der Waals surface area (Å²) in [4.78, 5) is 27.4. The van der Waals surface area contributed by atoms with E-state index in [2.05, 4.69) is 0 Å². The van der Waals surface area contributed by atoms with Gasteiger partial charge in [-0.2, -0.15) is 8.78 Å². The van der Waals surface area contributed by atoms with E-state index < -0.39 is 32.7 Å².